The van der Waals surface area contributed by atoms with Gasteiger partial charge in [0, 0.05) is 38.8 Å². The largest absolute Gasteiger partial charge is 0.493 e. The first-order chi connectivity index (χ1) is 23.7. The van der Waals surface area contributed by atoms with Crippen molar-refractivity contribution in [2.45, 2.75) is 45.7 Å². The van der Waals surface area contributed by atoms with Crippen molar-refractivity contribution in [2.75, 3.05) is 51.8 Å². The van der Waals surface area contributed by atoms with E-state index in [1.54, 1.807) is 32.4 Å². The average molecular weight is 665 g/mol. The van der Waals surface area contributed by atoms with Gasteiger partial charge in [0.1, 0.15) is 5.76 Å². The van der Waals surface area contributed by atoms with Gasteiger partial charge in [-0.2, -0.15) is 0 Å². The van der Waals surface area contributed by atoms with Crippen LogP contribution in [0.3, 0.4) is 0 Å². The minimum absolute atomic E-state index is 0.259. The highest BCUT2D eigenvalue weighted by Crippen LogP contribution is 2.40. The standard InChI is InChI=1S/C39H44N4O6/c1-25-23-35(49-27(25)3)37(44)40-18-10-15-31(29-16-17-33(47-4)34(24-29)48-5)43-38(45)30-13-9-14-32(36(30)39(43)46)42-21-19-41(20-22-42)26(2)28-11-7-6-8-12-28/h6-9,11-14,16-17,23-24,26,31H,10,15,18-22H2,1-5H3,(H,40,44)/t26-,31-/m1/s1. The van der Waals surface area contributed by atoms with Gasteiger partial charge in [-0.15, -0.1) is 0 Å². The molecule has 0 aliphatic carbocycles. The summed E-state index contributed by atoms with van der Waals surface area (Å²) in [6.45, 7) is 9.42. The van der Waals surface area contributed by atoms with Gasteiger partial charge in [0.05, 0.1) is 37.1 Å². The molecule has 0 radical (unpaired) electrons. The van der Waals surface area contributed by atoms with Crippen LogP contribution < -0.4 is 19.7 Å². The van der Waals surface area contributed by atoms with Crippen molar-refractivity contribution in [1.29, 1.82) is 0 Å². The van der Waals surface area contributed by atoms with Gasteiger partial charge in [-0.25, -0.2) is 0 Å². The van der Waals surface area contributed by atoms with Gasteiger partial charge in [0.25, 0.3) is 17.7 Å². The first kappa shape index (κ1) is 33.8. The van der Waals surface area contributed by atoms with Crippen LogP contribution in [0.1, 0.15) is 85.6 Å². The van der Waals surface area contributed by atoms with Crippen molar-refractivity contribution in [3.8, 4) is 11.5 Å². The molecule has 10 nitrogen and oxygen atoms in total. The zero-order valence-corrected chi connectivity index (χ0v) is 28.8. The molecule has 6 rings (SSSR count). The van der Waals surface area contributed by atoms with Gasteiger partial charge in [-0.05, 0) is 80.6 Å². The maximum atomic E-state index is 14.4. The fraction of sp³-hybridized carbons (Fsp3) is 0.359. The predicted molar refractivity (Wildman–Crippen MR) is 188 cm³/mol. The van der Waals surface area contributed by atoms with Crippen LogP contribution in [0.4, 0.5) is 5.69 Å². The molecular formula is C39H44N4O6. The Kier molecular flexibility index (Phi) is 10.1. The Morgan fingerprint density at radius 1 is 0.857 bits per heavy atom. The Labute approximate surface area is 287 Å². The van der Waals surface area contributed by atoms with E-state index in [1.807, 2.05) is 44.2 Å². The highest BCUT2D eigenvalue weighted by molar-refractivity contribution is 6.24. The molecule has 1 aromatic heterocycles. The van der Waals surface area contributed by atoms with E-state index >= 15 is 0 Å². The minimum atomic E-state index is -0.603. The number of hydrogen-bond donors (Lipinski definition) is 1. The smallest absolute Gasteiger partial charge is 0.287 e. The quantitative estimate of drug-likeness (QED) is 0.138. The second kappa shape index (κ2) is 14.6. The number of piperazine rings is 1. The number of benzene rings is 3. The van der Waals surface area contributed by atoms with Crippen molar-refractivity contribution in [3.63, 3.8) is 0 Å². The molecule has 49 heavy (non-hydrogen) atoms. The van der Waals surface area contributed by atoms with Crippen LogP contribution in [0.5, 0.6) is 11.5 Å². The summed E-state index contributed by atoms with van der Waals surface area (Å²) >= 11 is 0. The van der Waals surface area contributed by atoms with E-state index in [0.717, 1.165) is 43.0 Å². The minimum Gasteiger partial charge on any atom is -0.493 e. The number of amides is 3. The van der Waals surface area contributed by atoms with Crippen molar-refractivity contribution >= 4 is 23.4 Å². The molecule has 1 fully saturated rings. The summed E-state index contributed by atoms with van der Waals surface area (Å²) in [6, 6.07) is 22.9. The van der Waals surface area contributed by atoms with Gasteiger partial charge in [-0.1, -0.05) is 42.5 Å². The van der Waals surface area contributed by atoms with E-state index in [1.165, 1.54) is 10.5 Å². The van der Waals surface area contributed by atoms with E-state index in [4.69, 9.17) is 13.9 Å². The second-order valence-corrected chi connectivity index (χ2v) is 12.7. The summed E-state index contributed by atoms with van der Waals surface area (Å²) in [5, 5.41) is 2.91. The molecule has 3 amide bonds. The lowest BCUT2D eigenvalue weighted by Crippen LogP contribution is -2.47. The van der Waals surface area contributed by atoms with Gasteiger partial charge in [0.2, 0.25) is 0 Å². The molecule has 3 heterocycles. The second-order valence-electron chi connectivity index (χ2n) is 12.7. The van der Waals surface area contributed by atoms with Crippen molar-refractivity contribution in [2.24, 2.45) is 0 Å². The molecule has 256 valence electrons. The number of hydrogen-bond acceptors (Lipinski definition) is 8. The van der Waals surface area contributed by atoms with E-state index in [9.17, 15) is 14.4 Å². The van der Waals surface area contributed by atoms with Crippen LogP contribution in [-0.2, 0) is 0 Å². The molecule has 3 aromatic carbocycles. The molecule has 10 heteroatoms. The topological polar surface area (TPSA) is 105 Å². The molecule has 1 N–H and O–H groups in total. The van der Waals surface area contributed by atoms with Crippen LogP contribution in [0.25, 0.3) is 0 Å². The molecule has 0 unspecified atom stereocenters. The molecule has 4 aromatic rings. The van der Waals surface area contributed by atoms with Crippen LogP contribution in [0.2, 0.25) is 0 Å². The predicted octanol–water partition coefficient (Wildman–Crippen LogP) is 6.34. The zero-order valence-electron chi connectivity index (χ0n) is 28.8. The van der Waals surface area contributed by atoms with Crippen LogP contribution in [0, 0.1) is 13.8 Å². The number of methoxy groups -OCH3 is 2. The third-order valence-corrected chi connectivity index (χ3v) is 9.84. The van der Waals surface area contributed by atoms with Crippen LogP contribution in [0.15, 0.2) is 77.2 Å². The van der Waals surface area contributed by atoms with Gasteiger partial charge < -0.3 is 24.1 Å². The Morgan fingerprint density at radius 2 is 1.59 bits per heavy atom. The number of carbonyl (C=O) groups excluding carboxylic acids is 3. The number of anilines is 1. The lowest BCUT2D eigenvalue weighted by Gasteiger charge is -2.39. The van der Waals surface area contributed by atoms with Gasteiger partial charge in [-0.3, -0.25) is 24.2 Å². The van der Waals surface area contributed by atoms with Crippen LogP contribution >= 0.6 is 0 Å². The molecule has 2 aliphatic rings. The Bertz CT molecular complexity index is 1810. The Morgan fingerprint density at radius 3 is 2.27 bits per heavy atom. The number of furan rings is 1. The average Bonchev–Trinajstić information content (AvgIpc) is 3.61. The molecular weight excluding hydrogens is 620 g/mol. The summed E-state index contributed by atoms with van der Waals surface area (Å²) in [6.07, 6.45) is 0.925. The van der Waals surface area contributed by atoms with E-state index in [2.05, 4.69) is 46.3 Å². The molecule has 0 saturated carbocycles. The molecule has 2 aliphatic heterocycles. The maximum Gasteiger partial charge on any atom is 0.287 e. The van der Waals surface area contributed by atoms with Crippen molar-refractivity contribution in [3.05, 3.63) is 112 Å². The molecule has 1 saturated heterocycles. The number of nitrogens with one attached hydrogen (secondary N) is 1. The summed E-state index contributed by atoms with van der Waals surface area (Å²) in [5.41, 5.74) is 4.56. The van der Waals surface area contributed by atoms with E-state index in [-0.39, 0.29) is 29.5 Å². The van der Waals surface area contributed by atoms with Crippen LogP contribution in [-0.4, -0.2) is 74.5 Å². The molecule has 2 atom stereocenters. The number of carbonyl (C=O) groups is 3. The number of rotatable bonds is 12. The maximum absolute atomic E-state index is 14.4. The molecule has 0 bridgehead atoms. The summed E-state index contributed by atoms with van der Waals surface area (Å²) < 4.78 is 16.6. The highest BCUT2D eigenvalue weighted by atomic mass is 16.5. The van der Waals surface area contributed by atoms with Gasteiger partial charge >= 0.3 is 0 Å². The highest BCUT2D eigenvalue weighted by Gasteiger charge is 2.43. The SMILES string of the molecule is COc1ccc([C@@H](CCCNC(=O)c2cc(C)c(C)o2)N2C(=O)c3cccc(N4CCN([C@H](C)c5ccccc5)CC4)c3C2=O)cc1OC. The normalized spacial score (nSPS) is 16.0. The Hall–Kier alpha value is -5.09. The first-order valence-electron chi connectivity index (χ1n) is 16.8. The number of ether oxygens (including phenoxy) is 2. The lowest BCUT2D eigenvalue weighted by molar-refractivity contribution is 0.0570. The fourth-order valence-electron chi connectivity index (χ4n) is 6.90. The fourth-order valence-corrected chi connectivity index (χ4v) is 6.90. The summed E-state index contributed by atoms with van der Waals surface area (Å²) in [5.74, 6) is 1.06. The third-order valence-electron chi connectivity index (χ3n) is 9.84. The van der Waals surface area contributed by atoms with E-state index in [0.29, 0.717) is 47.8 Å². The Balaban J connectivity index is 1.22. The number of fused-ring (bicyclic) bond motifs is 1. The summed E-state index contributed by atoms with van der Waals surface area (Å²) in [4.78, 5) is 47.3. The number of nitrogens with zero attached hydrogens (tertiary/aromatic N) is 3. The monoisotopic (exact) mass is 664 g/mol. The lowest BCUT2D eigenvalue weighted by atomic mass is 9.99. The van der Waals surface area contributed by atoms with Gasteiger partial charge in [0.15, 0.2) is 17.3 Å². The van der Waals surface area contributed by atoms with Crippen molar-refractivity contribution in [1.82, 2.24) is 15.1 Å². The van der Waals surface area contributed by atoms with Crippen molar-refractivity contribution < 1.29 is 28.3 Å². The summed E-state index contributed by atoms with van der Waals surface area (Å²) in [7, 11) is 3.12. The first-order valence-corrected chi connectivity index (χ1v) is 16.8. The third kappa shape index (κ3) is 6.78. The zero-order chi connectivity index (χ0) is 34.7. The number of aryl methyl sites for hydroxylation is 2. The molecule has 0 spiro atoms. The van der Waals surface area contributed by atoms with E-state index < -0.39 is 6.04 Å². The number of imide groups is 1.